The summed E-state index contributed by atoms with van der Waals surface area (Å²) < 4.78 is 0. The van der Waals surface area contributed by atoms with Gasteiger partial charge >= 0.3 is 0 Å². The van der Waals surface area contributed by atoms with Crippen LogP contribution >= 0.6 is 0 Å². The fourth-order valence-corrected chi connectivity index (χ4v) is 9.11. The Bertz CT molecular complexity index is 581. The first-order valence-electron chi connectivity index (χ1n) is 13.0. The maximum Gasteiger partial charge on any atom is -0.0212 e. The van der Waals surface area contributed by atoms with Gasteiger partial charge in [-0.05, 0) is 82.3 Å². The lowest BCUT2D eigenvalue weighted by molar-refractivity contribution is -0.206. The van der Waals surface area contributed by atoms with Crippen LogP contribution in [0, 0.1) is 50.2 Å². The molecule has 0 aromatic carbocycles. The van der Waals surface area contributed by atoms with Gasteiger partial charge < -0.3 is 0 Å². The van der Waals surface area contributed by atoms with Gasteiger partial charge in [-0.25, -0.2) is 0 Å². The molecule has 0 aromatic rings. The van der Waals surface area contributed by atoms with Crippen molar-refractivity contribution in [1.82, 2.24) is 0 Å². The third kappa shape index (κ3) is 3.46. The molecule has 0 nitrogen and oxygen atoms in total. The lowest BCUT2D eigenvalue weighted by atomic mass is 9.35. The molecule has 172 valence electrons. The van der Waals surface area contributed by atoms with E-state index in [2.05, 4.69) is 90.0 Å². The Hall–Kier alpha value is 0. The van der Waals surface area contributed by atoms with Crippen LogP contribution in [0.2, 0.25) is 0 Å². The molecular weight excluding hydrogens is 348 g/mol. The van der Waals surface area contributed by atoms with E-state index in [0.717, 1.165) is 17.8 Å². The van der Waals surface area contributed by atoms with Gasteiger partial charge in [-0.3, -0.25) is 0 Å². The molecule has 2 fully saturated rings. The highest BCUT2D eigenvalue weighted by molar-refractivity contribution is 5.15. The lowest BCUT2D eigenvalue weighted by Gasteiger charge is -2.69. The summed E-state index contributed by atoms with van der Waals surface area (Å²) in [7, 11) is 0. The maximum atomic E-state index is 2.73. The van der Waals surface area contributed by atoms with Crippen LogP contribution in [0.5, 0.6) is 0 Å². The highest BCUT2D eigenvalue weighted by atomic mass is 14.7. The Morgan fingerprint density at radius 3 is 1.76 bits per heavy atom. The van der Waals surface area contributed by atoms with E-state index >= 15 is 0 Å². The summed E-state index contributed by atoms with van der Waals surface area (Å²) >= 11 is 0. The Balaban J connectivity index is 2.69. The minimum Gasteiger partial charge on any atom is -0.0651 e. The third-order valence-corrected chi connectivity index (χ3v) is 12.3. The molecular formula is C29H56. The average molecular weight is 405 g/mol. The second-order valence-corrected chi connectivity index (χ2v) is 14.1. The van der Waals surface area contributed by atoms with Crippen LogP contribution in [0.15, 0.2) is 0 Å². The largest absolute Gasteiger partial charge is 0.0651 e. The smallest absolute Gasteiger partial charge is 0.0212 e. The van der Waals surface area contributed by atoms with Crippen molar-refractivity contribution < 1.29 is 0 Å². The molecule has 29 heavy (non-hydrogen) atoms. The second-order valence-electron chi connectivity index (χ2n) is 14.1. The molecule has 0 N–H and O–H groups in total. The van der Waals surface area contributed by atoms with Crippen molar-refractivity contribution in [1.29, 1.82) is 0 Å². The molecule has 0 radical (unpaired) electrons. The normalized spacial score (nSPS) is 40.2. The van der Waals surface area contributed by atoms with Gasteiger partial charge in [0.15, 0.2) is 0 Å². The zero-order valence-corrected chi connectivity index (χ0v) is 22.7. The summed E-state index contributed by atoms with van der Waals surface area (Å²) in [6.07, 6.45) is 9.56. The number of hydrogen-bond donors (Lipinski definition) is 0. The van der Waals surface area contributed by atoms with Crippen molar-refractivity contribution in [2.45, 2.75) is 135 Å². The summed E-state index contributed by atoms with van der Waals surface area (Å²) in [4.78, 5) is 0. The van der Waals surface area contributed by atoms with E-state index in [-0.39, 0.29) is 5.41 Å². The van der Waals surface area contributed by atoms with Gasteiger partial charge in [0.25, 0.3) is 0 Å². The minimum atomic E-state index is 0.287. The van der Waals surface area contributed by atoms with Crippen molar-refractivity contribution in [3.8, 4) is 0 Å². The van der Waals surface area contributed by atoms with Crippen molar-refractivity contribution in [2.75, 3.05) is 0 Å². The van der Waals surface area contributed by atoms with Gasteiger partial charge in [0.1, 0.15) is 0 Å². The minimum absolute atomic E-state index is 0.287. The standard InChI is InChI=1S/C29H56/c1-14-22-19-29(13,26(9,10)28(12,16-3)25(7,8)15-2)27(11)18-21(4)17-24(5,6)23(22)20-27/h21-23H,14-20H2,1-13H3. The first-order valence-corrected chi connectivity index (χ1v) is 13.0. The zero-order chi connectivity index (χ0) is 22.7. The topological polar surface area (TPSA) is 0 Å². The van der Waals surface area contributed by atoms with E-state index in [1.54, 1.807) is 0 Å². The van der Waals surface area contributed by atoms with Gasteiger partial charge in [0.2, 0.25) is 0 Å². The van der Waals surface area contributed by atoms with E-state index in [1.165, 1.54) is 44.9 Å². The molecule has 0 amide bonds. The molecule has 2 bridgehead atoms. The van der Waals surface area contributed by atoms with Crippen LogP contribution in [-0.4, -0.2) is 0 Å². The second kappa shape index (κ2) is 7.55. The molecule has 0 saturated heterocycles. The van der Waals surface area contributed by atoms with E-state index in [4.69, 9.17) is 0 Å². The van der Waals surface area contributed by atoms with Crippen LogP contribution in [0.3, 0.4) is 0 Å². The van der Waals surface area contributed by atoms with Gasteiger partial charge in [0, 0.05) is 0 Å². The average Bonchev–Trinajstić information content (AvgIpc) is 2.69. The molecule has 6 unspecified atom stereocenters. The Kier molecular flexibility index (Phi) is 6.58. The van der Waals surface area contributed by atoms with Crippen LogP contribution in [0.25, 0.3) is 0 Å². The van der Waals surface area contributed by atoms with E-state index < -0.39 is 0 Å². The molecule has 2 aliphatic carbocycles. The van der Waals surface area contributed by atoms with Crippen LogP contribution < -0.4 is 0 Å². The van der Waals surface area contributed by atoms with E-state index in [0.29, 0.717) is 27.1 Å². The Labute approximate surface area is 185 Å². The molecule has 2 saturated carbocycles. The van der Waals surface area contributed by atoms with Gasteiger partial charge in [-0.15, -0.1) is 0 Å². The first kappa shape index (κ1) is 25.3. The summed E-state index contributed by atoms with van der Waals surface area (Å²) in [6, 6.07) is 0. The van der Waals surface area contributed by atoms with Gasteiger partial charge in [-0.2, -0.15) is 0 Å². The highest BCUT2D eigenvalue weighted by Crippen LogP contribution is 2.74. The lowest BCUT2D eigenvalue weighted by Crippen LogP contribution is -2.62. The molecule has 0 aromatic heterocycles. The molecule has 0 spiro atoms. The molecule has 0 heterocycles. The first-order chi connectivity index (χ1) is 13.0. The zero-order valence-electron chi connectivity index (χ0n) is 22.7. The molecule has 0 aliphatic heterocycles. The quantitative estimate of drug-likeness (QED) is 0.413. The van der Waals surface area contributed by atoms with E-state index in [9.17, 15) is 0 Å². The molecule has 2 rings (SSSR count). The predicted molar refractivity (Wildman–Crippen MR) is 131 cm³/mol. The summed E-state index contributed by atoms with van der Waals surface area (Å²) in [5.74, 6) is 2.59. The van der Waals surface area contributed by atoms with Crippen molar-refractivity contribution in [3.63, 3.8) is 0 Å². The van der Waals surface area contributed by atoms with Gasteiger partial charge in [0.05, 0.1) is 0 Å². The number of fused-ring (bicyclic) bond motifs is 2. The molecule has 6 atom stereocenters. The summed E-state index contributed by atoms with van der Waals surface area (Å²) in [6.45, 7) is 33.6. The van der Waals surface area contributed by atoms with Crippen molar-refractivity contribution in [2.24, 2.45) is 50.2 Å². The Morgan fingerprint density at radius 2 is 1.31 bits per heavy atom. The monoisotopic (exact) mass is 404 g/mol. The SMILES string of the molecule is CCC1CC(C)(C(C)(C)C(C)(CC)C(C)(C)CC)C2(C)CC(C)CC(C)(C)C1C2. The molecule has 2 aliphatic rings. The maximum absolute atomic E-state index is 2.73. The number of hydrogen-bond acceptors (Lipinski definition) is 0. The van der Waals surface area contributed by atoms with Crippen LogP contribution in [0.4, 0.5) is 0 Å². The Morgan fingerprint density at radius 1 is 0.759 bits per heavy atom. The van der Waals surface area contributed by atoms with Crippen molar-refractivity contribution >= 4 is 0 Å². The highest BCUT2D eigenvalue weighted by Gasteiger charge is 2.66. The molecule has 0 heteroatoms. The van der Waals surface area contributed by atoms with Crippen LogP contribution in [0.1, 0.15) is 135 Å². The fraction of sp³-hybridized carbons (Fsp3) is 1.00. The van der Waals surface area contributed by atoms with Gasteiger partial charge in [-0.1, -0.05) is 103 Å². The van der Waals surface area contributed by atoms with Crippen molar-refractivity contribution in [3.05, 3.63) is 0 Å². The van der Waals surface area contributed by atoms with E-state index in [1.807, 2.05) is 0 Å². The summed E-state index contributed by atoms with van der Waals surface area (Å²) in [5.41, 5.74) is 2.24. The summed E-state index contributed by atoms with van der Waals surface area (Å²) in [5, 5.41) is 0. The predicted octanol–water partition coefficient (Wildman–Crippen LogP) is 9.77. The fourth-order valence-electron chi connectivity index (χ4n) is 9.11. The number of rotatable bonds is 6. The third-order valence-electron chi connectivity index (χ3n) is 12.3. The van der Waals surface area contributed by atoms with Crippen LogP contribution in [-0.2, 0) is 0 Å².